The Morgan fingerprint density at radius 1 is 1.42 bits per heavy atom. The number of nitrogens with two attached hydrogens (primary N) is 2. The molecule has 9 nitrogen and oxygen atoms in total. The Balaban J connectivity index is 3.01. The lowest BCUT2D eigenvalue weighted by atomic mass is 10.1. The summed E-state index contributed by atoms with van der Waals surface area (Å²) in [6.07, 6.45) is 0.932. The lowest BCUT2D eigenvalue weighted by Crippen LogP contribution is -2.51. The summed E-state index contributed by atoms with van der Waals surface area (Å²) in [6.45, 7) is 1.25. The van der Waals surface area contributed by atoms with Crippen LogP contribution < -0.4 is 16.8 Å². The van der Waals surface area contributed by atoms with Crippen molar-refractivity contribution in [2.75, 3.05) is 12.9 Å². The smallest absolute Gasteiger partial charge is 0.258 e. The third kappa shape index (κ3) is 5.54. The number of nitrogens with zero attached hydrogens (tertiary/aromatic N) is 2. The van der Waals surface area contributed by atoms with E-state index in [1.54, 1.807) is 6.07 Å². The van der Waals surface area contributed by atoms with Gasteiger partial charge in [0.2, 0.25) is 5.84 Å². The topological polar surface area (TPSA) is 161 Å². The first kappa shape index (κ1) is 21.1. The Bertz CT molecular complexity index is 874. The van der Waals surface area contributed by atoms with E-state index < -0.39 is 32.9 Å². The molecule has 0 aliphatic rings. The quantitative estimate of drug-likeness (QED) is 0.332. The highest BCUT2D eigenvalue weighted by Gasteiger charge is 2.39. The average molecular weight is 383 g/mol. The van der Waals surface area contributed by atoms with Gasteiger partial charge in [0.1, 0.15) is 17.7 Å². The summed E-state index contributed by atoms with van der Waals surface area (Å²) < 4.78 is 42.9. The number of aliphatic imine (C=N–C) groups is 1. The van der Waals surface area contributed by atoms with Crippen LogP contribution in [0.25, 0.3) is 0 Å². The second kappa shape index (κ2) is 8.41. The number of hydrogen-bond acceptors (Lipinski definition) is 7. The number of amidine groups is 1. The zero-order valence-corrected chi connectivity index (χ0v) is 14.9. The summed E-state index contributed by atoms with van der Waals surface area (Å²) in [5.41, 5.74) is 8.90. The molecule has 0 radical (unpaired) electrons. The predicted molar refractivity (Wildman–Crippen MR) is 91.5 cm³/mol. The predicted octanol–water partition coefficient (Wildman–Crippen LogP) is -0.241. The van der Waals surface area contributed by atoms with Crippen LogP contribution in [-0.2, 0) is 19.4 Å². The third-order valence-electron chi connectivity index (χ3n) is 3.28. The summed E-state index contributed by atoms with van der Waals surface area (Å²) in [5.74, 6) is -2.81. The van der Waals surface area contributed by atoms with Gasteiger partial charge in [-0.15, -0.1) is 0 Å². The van der Waals surface area contributed by atoms with Crippen LogP contribution in [0.15, 0.2) is 46.2 Å². The van der Waals surface area contributed by atoms with Gasteiger partial charge in [0.25, 0.3) is 5.91 Å². The molecule has 11 heteroatoms. The Morgan fingerprint density at radius 2 is 2.00 bits per heavy atom. The fourth-order valence-corrected chi connectivity index (χ4v) is 3.46. The Morgan fingerprint density at radius 3 is 2.50 bits per heavy atom. The molecule has 0 saturated carbocycles. The maximum atomic E-state index is 13.0. The van der Waals surface area contributed by atoms with Gasteiger partial charge >= 0.3 is 0 Å². The molecule has 0 aliphatic carbocycles. The highest BCUT2D eigenvalue weighted by molar-refractivity contribution is 7.91. The molecule has 1 unspecified atom stereocenters. The van der Waals surface area contributed by atoms with E-state index in [1.165, 1.54) is 6.92 Å². The number of carbonyl (C=O) groups excluding carboxylic acids is 1. The molecule has 0 spiro atoms. The van der Waals surface area contributed by atoms with E-state index in [2.05, 4.69) is 10.3 Å². The SMILES string of the molecule is COC(C)(CS(=O)(=O)c1ccc(F)cc1)C(=O)N/C(N)=C/N=C(N)C#N. The number of rotatable bonds is 7. The van der Waals surface area contributed by atoms with Crippen molar-refractivity contribution in [1.82, 2.24) is 5.32 Å². The van der Waals surface area contributed by atoms with Gasteiger partial charge in [0, 0.05) is 7.11 Å². The molecular weight excluding hydrogens is 365 g/mol. The summed E-state index contributed by atoms with van der Waals surface area (Å²) in [7, 11) is -2.80. The molecule has 5 N–H and O–H groups in total. The van der Waals surface area contributed by atoms with Crippen LogP contribution in [0.1, 0.15) is 6.92 Å². The fraction of sp³-hybridized carbons (Fsp3) is 0.267. The van der Waals surface area contributed by atoms with Gasteiger partial charge in [-0.3, -0.25) is 4.79 Å². The number of methoxy groups -OCH3 is 1. The van der Waals surface area contributed by atoms with Crippen LogP contribution in [0, 0.1) is 17.1 Å². The Kier molecular flexibility index (Phi) is 6.82. The maximum Gasteiger partial charge on any atom is 0.258 e. The number of halogens is 1. The van der Waals surface area contributed by atoms with Gasteiger partial charge in [-0.2, -0.15) is 5.26 Å². The zero-order valence-electron chi connectivity index (χ0n) is 14.1. The number of nitrogens with one attached hydrogen (secondary N) is 1. The van der Waals surface area contributed by atoms with Gasteiger partial charge in [-0.25, -0.2) is 17.8 Å². The number of benzene rings is 1. The first-order valence-corrected chi connectivity index (χ1v) is 8.73. The monoisotopic (exact) mass is 383 g/mol. The minimum atomic E-state index is -3.96. The van der Waals surface area contributed by atoms with Crippen LogP contribution in [0.4, 0.5) is 4.39 Å². The van der Waals surface area contributed by atoms with Crippen molar-refractivity contribution in [3.8, 4) is 6.07 Å². The van der Waals surface area contributed by atoms with Gasteiger partial charge < -0.3 is 21.5 Å². The lowest BCUT2D eigenvalue weighted by Gasteiger charge is -2.26. The highest BCUT2D eigenvalue weighted by Crippen LogP contribution is 2.20. The van der Waals surface area contributed by atoms with Crippen LogP contribution in [-0.4, -0.2) is 38.6 Å². The van der Waals surface area contributed by atoms with Crippen molar-refractivity contribution < 1.29 is 22.3 Å². The van der Waals surface area contributed by atoms with Crippen LogP contribution >= 0.6 is 0 Å². The highest BCUT2D eigenvalue weighted by atomic mass is 32.2. The molecule has 0 aromatic heterocycles. The van der Waals surface area contributed by atoms with E-state index in [1.807, 2.05) is 0 Å². The molecule has 1 rings (SSSR count). The van der Waals surface area contributed by atoms with Crippen molar-refractivity contribution in [2.45, 2.75) is 17.4 Å². The van der Waals surface area contributed by atoms with Crippen molar-refractivity contribution in [2.24, 2.45) is 16.5 Å². The van der Waals surface area contributed by atoms with Crippen molar-refractivity contribution in [3.05, 3.63) is 42.1 Å². The largest absolute Gasteiger partial charge is 0.384 e. The normalized spacial score (nSPS) is 15.0. The number of ether oxygens (including phenoxy) is 1. The molecule has 1 aromatic carbocycles. The summed E-state index contributed by atoms with van der Waals surface area (Å²) in [5, 5.41) is 10.7. The fourth-order valence-electron chi connectivity index (χ4n) is 1.77. The van der Waals surface area contributed by atoms with Gasteiger partial charge in [0.15, 0.2) is 15.4 Å². The molecule has 0 fully saturated rings. The number of hydrogen-bond donors (Lipinski definition) is 3. The van der Waals surface area contributed by atoms with E-state index in [0.29, 0.717) is 0 Å². The lowest BCUT2D eigenvalue weighted by molar-refractivity contribution is -0.138. The first-order valence-electron chi connectivity index (χ1n) is 7.08. The van der Waals surface area contributed by atoms with Crippen LogP contribution in [0.2, 0.25) is 0 Å². The number of carbonyl (C=O) groups is 1. The molecule has 1 amide bonds. The second-order valence-corrected chi connectivity index (χ2v) is 7.30. The molecule has 0 aliphatic heterocycles. The van der Waals surface area contributed by atoms with Crippen molar-refractivity contribution >= 4 is 21.6 Å². The minimum Gasteiger partial charge on any atom is -0.384 e. The van der Waals surface area contributed by atoms with E-state index in [0.717, 1.165) is 37.6 Å². The van der Waals surface area contributed by atoms with E-state index in [4.69, 9.17) is 21.5 Å². The van der Waals surface area contributed by atoms with E-state index >= 15 is 0 Å². The van der Waals surface area contributed by atoms with E-state index in [9.17, 15) is 17.6 Å². The number of nitriles is 1. The summed E-state index contributed by atoms with van der Waals surface area (Å²) >= 11 is 0. The molecule has 26 heavy (non-hydrogen) atoms. The van der Waals surface area contributed by atoms with Crippen LogP contribution in [0.5, 0.6) is 0 Å². The van der Waals surface area contributed by atoms with Crippen LogP contribution in [0.3, 0.4) is 0 Å². The number of amides is 1. The van der Waals surface area contributed by atoms with E-state index in [-0.39, 0.29) is 16.6 Å². The first-order chi connectivity index (χ1) is 12.0. The zero-order chi connectivity index (χ0) is 20.0. The molecule has 0 heterocycles. The van der Waals surface area contributed by atoms with Crippen molar-refractivity contribution in [3.63, 3.8) is 0 Å². The molecule has 0 bridgehead atoms. The molecule has 1 atom stereocenters. The number of sulfone groups is 1. The molecule has 0 saturated heterocycles. The maximum absolute atomic E-state index is 13.0. The standard InChI is InChI=1S/C15H18FN5O4S/c1-15(25-2,14(22)21-13(19)8-20-12(18)7-17)9-26(23,24)11-5-3-10(16)4-6-11/h3-6,8H,9,19H2,1-2H3,(H2,18,20)(H,21,22)/b13-8+. The van der Waals surface area contributed by atoms with Gasteiger partial charge in [0.05, 0.1) is 16.8 Å². The summed E-state index contributed by atoms with van der Waals surface area (Å²) in [6, 6.07) is 5.72. The van der Waals surface area contributed by atoms with Crippen molar-refractivity contribution in [1.29, 1.82) is 5.26 Å². The van der Waals surface area contributed by atoms with Gasteiger partial charge in [-0.05, 0) is 31.2 Å². The minimum absolute atomic E-state index is 0.162. The summed E-state index contributed by atoms with van der Waals surface area (Å²) in [4.78, 5) is 15.7. The molecule has 1 aromatic rings. The third-order valence-corrected chi connectivity index (χ3v) is 5.21. The second-order valence-electron chi connectivity index (χ2n) is 5.31. The Hall–Kier alpha value is -2.97. The average Bonchev–Trinajstić information content (AvgIpc) is 2.59. The molecule has 140 valence electrons. The molecular formula is C15H18FN5O4S. The van der Waals surface area contributed by atoms with Gasteiger partial charge in [-0.1, -0.05) is 0 Å². The Labute approximate surface area is 150 Å².